The number of nitrogens with one attached hydrogen (secondary N) is 1. The molecule has 2 heterocycles. The minimum absolute atomic E-state index is 0.0740. The standard InChI is InChI=1S/C23H29N5O3/c1-4-31-22(30)20-16(3)27(13-19(29)26-18-7-5-6-8-18)23-24-14-25-28(23)21(20)17-11-9-15(2)10-12-17/h9-12,14,18,21H,4-8,13H2,1-3H3,(H,26,29)/t21-/m0/s1. The van der Waals surface area contributed by atoms with Crippen molar-refractivity contribution in [2.75, 3.05) is 18.1 Å². The molecule has 0 saturated heterocycles. The van der Waals surface area contributed by atoms with Crippen LogP contribution in [-0.4, -0.2) is 45.8 Å². The fraction of sp³-hybridized carbons (Fsp3) is 0.478. The van der Waals surface area contributed by atoms with Crippen LogP contribution in [0.5, 0.6) is 0 Å². The fourth-order valence-electron chi connectivity index (χ4n) is 4.44. The first-order valence-electron chi connectivity index (χ1n) is 10.9. The van der Waals surface area contributed by atoms with E-state index < -0.39 is 12.0 Å². The summed E-state index contributed by atoms with van der Waals surface area (Å²) < 4.78 is 7.10. The average Bonchev–Trinajstić information content (AvgIpc) is 3.42. The lowest BCUT2D eigenvalue weighted by molar-refractivity contribution is -0.139. The van der Waals surface area contributed by atoms with Gasteiger partial charge in [-0.2, -0.15) is 10.1 Å². The molecule has 2 aliphatic rings. The first kappa shape index (κ1) is 21.1. The Kier molecular flexibility index (Phi) is 6.06. The second-order valence-corrected chi connectivity index (χ2v) is 8.17. The lowest BCUT2D eigenvalue weighted by atomic mass is 9.94. The van der Waals surface area contributed by atoms with Gasteiger partial charge >= 0.3 is 5.97 Å². The molecule has 1 atom stereocenters. The quantitative estimate of drug-likeness (QED) is 0.719. The van der Waals surface area contributed by atoms with Gasteiger partial charge in [-0.1, -0.05) is 42.7 Å². The third-order valence-corrected chi connectivity index (χ3v) is 6.02. The Hall–Kier alpha value is -3.16. The molecule has 0 radical (unpaired) electrons. The van der Waals surface area contributed by atoms with E-state index in [0.717, 1.165) is 36.8 Å². The van der Waals surface area contributed by atoms with Crippen molar-refractivity contribution in [3.8, 4) is 0 Å². The zero-order valence-electron chi connectivity index (χ0n) is 18.3. The largest absolute Gasteiger partial charge is 0.463 e. The van der Waals surface area contributed by atoms with Crippen LogP contribution in [0, 0.1) is 6.92 Å². The van der Waals surface area contributed by atoms with Gasteiger partial charge < -0.3 is 15.0 Å². The summed E-state index contributed by atoms with van der Waals surface area (Å²) in [6.07, 6.45) is 5.78. The van der Waals surface area contributed by atoms with Crippen LogP contribution in [-0.2, 0) is 14.3 Å². The number of benzene rings is 1. The minimum Gasteiger partial charge on any atom is -0.463 e. The summed E-state index contributed by atoms with van der Waals surface area (Å²) >= 11 is 0. The van der Waals surface area contributed by atoms with Crippen molar-refractivity contribution in [1.29, 1.82) is 0 Å². The van der Waals surface area contributed by atoms with Gasteiger partial charge in [0, 0.05) is 11.7 Å². The molecule has 1 aromatic carbocycles. The second-order valence-electron chi connectivity index (χ2n) is 8.17. The second kappa shape index (κ2) is 8.91. The number of esters is 1. The average molecular weight is 424 g/mol. The van der Waals surface area contributed by atoms with Gasteiger partial charge in [0.2, 0.25) is 11.9 Å². The number of ether oxygens (including phenoxy) is 1. The Morgan fingerprint density at radius 3 is 2.55 bits per heavy atom. The highest BCUT2D eigenvalue weighted by atomic mass is 16.5. The molecule has 4 rings (SSSR count). The predicted octanol–water partition coefficient (Wildman–Crippen LogP) is 2.89. The van der Waals surface area contributed by atoms with Crippen molar-refractivity contribution in [2.45, 2.75) is 58.5 Å². The Morgan fingerprint density at radius 1 is 1.16 bits per heavy atom. The number of amides is 1. The van der Waals surface area contributed by atoms with Gasteiger partial charge in [0.25, 0.3) is 0 Å². The maximum absolute atomic E-state index is 13.0. The predicted molar refractivity (Wildman–Crippen MR) is 116 cm³/mol. The number of nitrogens with zero attached hydrogens (tertiary/aromatic N) is 4. The van der Waals surface area contributed by atoms with Gasteiger partial charge in [0.1, 0.15) is 18.9 Å². The Balaban J connectivity index is 1.72. The summed E-state index contributed by atoms with van der Waals surface area (Å²) in [5.41, 5.74) is 3.17. The molecule has 1 amide bonds. The molecule has 0 unspecified atom stereocenters. The number of rotatable bonds is 6. The summed E-state index contributed by atoms with van der Waals surface area (Å²) in [5.74, 6) is 0.0448. The third kappa shape index (κ3) is 4.19. The van der Waals surface area contributed by atoms with E-state index in [1.807, 2.05) is 38.1 Å². The number of hydrogen-bond donors (Lipinski definition) is 1. The van der Waals surface area contributed by atoms with Gasteiger partial charge in [0.05, 0.1) is 12.2 Å². The monoisotopic (exact) mass is 423 g/mol. The molecule has 1 fully saturated rings. The van der Waals surface area contributed by atoms with Crippen LogP contribution in [0.25, 0.3) is 0 Å². The Bertz CT molecular complexity index is 989. The highest BCUT2D eigenvalue weighted by Gasteiger charge is 2.38. The molecular formula is C23H29N5O3. The van der Waals surface area contributed by atoms with Crippen LogP contribution >= 0.6 is 0 Å². The van der Waals surface area contributed by atoms with Crippen molar-refractivity contribution in [1.82, 2.24) is 20.1 Å². The first-order valence-corrected chi connectivity index (χ1v) is 10.9. The maximum Gasteiger partial charge on any atom is 0.338 e. The number of allylic oxidation sites excluding steroid dienone is 1. The maximum atomic E-state index is 13.0. The van der Waals surface area contributed by atoms with Crippen molar-refractivity contribution >= 4 is 17.8 Å². The number of fused-ring (bicyclic) bond motifs is 1. The number of aromatic nitrogens is 3. The Labute approximate surface area is 182 Å². The van der Waals surface area contributed by atoms with Crippen LogP contribution in [0.1, 0.15) is 56.7 Å². The molecule has 164 valence electrons. The van der Waals surface area contributed by atoms with Crippen molar-refractivity contribution < 1.29 is 14.3 Å². The number of carbonyl (C=O) groups is 2. The highest BCUT2D eigenvalue weighted by molar-refractivity contribution is 5.93. The number of anilines is 1. The molecule has 1 saturated carbocycles. The fourth-order valence-corrected chi connectivity index (χ4v) is 4.44. The number of aryl methyl sites for hydroxylation is 1. The molecule has 1 aliphatic heterocycles. The van der Waals surface area contributed by atoms with Gasteiger partial charge in [0.15, 0.2) is 0 Å². The summed E-state index contributed by atoms with van der Waals surface area (Å²) in [4.78, 5) is 32.0. The SMILES string of the molecule is CCOC(=O)C1=C(C)N(CC(=O)NC2CCCC2)c2ncnn2[C@H]1c1ccc(C)cc1. The van der Waals surface area contributed by atoms with E-state index in [-0.39, 0.29) is 25.1 Å². The summed E-state index contributed by atoms with van der Waals surface area (Å²) in [7, 11) is 0. The summed E-state index contributed by atoms with van der Waals surface area (Å²) in [5, 5.41) is 7.53. The third-order valence-electron chi connectivity index (χ3n) is 6.02. The van der Waals surface area contributed by atoms with Crippen molar-refractivity contribution in [2.24, 2.45) is 0 Å². The van der Waals surface area contributed by atoms with Gasteiger partial charge in [-0.3, -0.25) is 4.79 Å². The smallest absolute Gasteiger partial charge is 0.338 e. The van der Waals surface area contributed by atoms with E-state index in [1.54, 1.807) is 16.5 Å². The van der Waals surface area contributed by atoms with Crippen LogP contribution in [0.3, 0.4) is 0 Å². The summed E-state index contributed by atoms with van der Waals surface area (Å²) in [6.45, 7) is 5.98. The first-order chi connectivity index (χ1) is 15.0. The van der Waals surface area contributed by atoms with Gasteiger partial charge in [-0.25, -0.2) is 9.48 Å². The number of carbonyl (C=O) groups excluding carboxylic acids is 2. The molecule has 1 N–H and O–H groups in total. The van der Waals surface area contributed by atoms with E-state index in [1.165, 1.54) is 6.33 Å². The molecular weight excluding hydrogens is 394 g/mol. The normalized spacial score (nSPS) is 18.8. The van der Waals surface area contributed by atoms with E-state index in [9.17, 15) is 9.59 Å². The molecule has 0 spiro atoms. The Morgan fingerprint density at radius 2 is 1.87 bits per heavy atom. The van der Waals surface area contributed by atoms with Crippen molar-refractivity contribution in [3.05, 3.63) is 53.0 Å². The molecule has 1 aliphatic carbocycles. The van der Waals surface area contributed by atoms with E-state index >= 15 is 0 Å². The zero-order chi connectivity index (χ0) is 22.0. The van der Waals surface area contributed by atoms with E-state index in [2.05, 4.69) is 15.4 Å². The van der Waals surface area contributed by atoms with Crippen LogP contribution in [0.2, 0.25) is 0 Å². The van der Waals surface area contributed by atoms with E-state index in [4.69, 9.17) is 4.74 Å². The van der Waals surface area contributed by atoms with E-state index in [0.29, 0.717) is 17.2 Å². The molecule has 31 heavy (non-hydrogen) atoms. The highest BCUT2D eigenvalue weighted by Crippen LogP contribution is 2.38. The van der Waals surface area contributed by atoms with Crippen molar-refractivity contribution in [3.63, 3.8) is 0 Å². The lowest BCUT2D eigenvalue weighted by Crippen LogP contribution is -2.44. The van der Waals surface area contributed by atoms with Crippen LogP contribution < -0.4 is 10.2 Å². The van der Waals surface area contributed by atoms with Crippen LogP contribution in [0.4, 0.5) is 5.95 Å². The molecule has 8 heteroatoms. The van der Waals surface area contributed by atoms with Crippen LogP contribution in [0.15, 0.2) is 41.9 Å². The molecule has 1 aromatic heterocycles. The zero-order valence-corrected chi connectivity index (χ0v) is 18.3. The topological polar surface area (TPSA) is 89.3 Å². The molecule has 2 aromatic rings. The number of hydrogen-bond acceptors (Lipinski definition) is 6. The minimum atomic E-state index is -0.466. The van der Waals surface area contributed by atoms with Gasteiger partial charge in [-0.15, -0.1) is 0 Å². The molecule has 8 nitrogen and oxygen atoms in total. The van der Waals surface area contributed by atoms with Gasteiger partial charge in [-0.05, 0) is 39.2 Å². The lowest BCUT2D eigenvalue weighted by Gasteiger charge is -2.35. The summed E-state index contributed by atoms with van der Waals surface area (Å²) in [6, 6.07) is 7.74. The molecule has 0 bridgehead atoms.